The molecule has 2 atom stereocenters. The fourth-order valence-electron chi connectivity index (χ4n) is 1.75. The van der Waals surface area contributed by atoms with E-state index in [0.29, 0.717) is 11.3 Å². The third-order valence-corrected chi connectivity index (χ3v) is 2.90. The minimum atomic E-state index is -0.763. The normalized spacial score (nSPS) is 21.2. The number of benzene rings is 1. The number of rotatable bonds is 4. The first-order valence-corrected chi connectivity index (χ1v) is 5.54. The SMILES string of the molecule is CC(=O)c1cccc(NC(=O)[C@@H]2C[C@@H]2[N+](=O)[O-])c1. The number of nitrogens with zero attached hydrogens (tertiary/aromatic N) is 1. The van der Waals surface area contributed by atoms with Gasteiger partial charge in [-0.05, 0) is 19.1 Å². The lowest BCUT2D eigenvalue weighted by molar-refractivity contribution is -0.497. The third kappa shape index (κ3) is 2.53. The quantitative estimate of drug-likeness (QED) is 0.496. The van der Waals surface area contributed by atoms with Crippen LogP contribution >= 0.6 is 0 Å². The predicted molar refractivity (Wildman–Crippen MR) is 64.0 cm³/mol. The van der Waals surface area contributed by atoms with Crippen molar-refractivity contribution in [1.29, 1.82) is 0 Å². The van der Waals surface area contributed by atoms with Crippen LogP contribution in [0.5, 0.6) is 0 Å². The van der Waals surface area contributed by atoms with Gasteiger partial charge in [-0.1, -0.05) is 12.1 Å². The summed E-state index contributed by atoms with van der Waals surface area (Å²) in [5, 5.41) is 13.0. The summed E-state index contributed by atoms with van der Waals surface area (Å²) in [6.07, 6.45) is 0.283. The van der Waals surface area contributed by atoms with E-state index in [4.69, 9.17) is 0 Å². The molecule has 18 heavy (non-hydrogen) atoms. The number of hydrogen-bond donors (Lipinski definition) is 1. The van der Waals surface area contributed by atoms with Crippen molar-refractivity contribution in [1.82, 2.24) is 0 Å². The summed E-state index contributed by atoms with van der Waals surface area (Å²) >= 11 is 0. The Balaban J connectivity index is 2.02. The van der Waals surface area contributed by atoms with Crippen LogP contribution in [0.15, 0.2) is 24.3 Å². The Labute approximate surface area is 103 Å². The highest BCUT2D eigenvalue weighted by molar-refractivity contribution is 5.98. The third-order valence-electron chi connectivity index (χ3n) is 2.90. The molecule has 6 nitrogen and oxygen atoms in total. The van der Waals surface area contributed by atoms with Gasteiger partial charge in [-0.3, -0.25) is 19.7 Å². The van der Waals surface area contributed by atoms with Gasteiger partial charge in [0.15, 0.2) is 5.78 Å². The zero-order chi connectivity index (χ0) is 13.3. The highest BCUT2D eigenvalue weighted by Crippen LogP contribution is 2.34. The molecule has 1 aromatic rings. The maximum Gasteiger partial charge on any atom is 0.234 e. The van der Waals surface area contributed by atoms with Gasteiger partial charge in [0, 0.05) is 22.6 Å². The second-order valence-corrected chi connectivity index (χ2v) is 4.32. The number of carbonyl (C=O) groups is 2. The van der Waals surface area contributed by atoms with Crippen LogP contribution in [0, 0.1) is 16.0 Å². The van der Waals surface area contributed by atoms with Crippen LogP contribution in [0.4, 0.5) is 5.69 Å². The van der Waals surface area contributed by atoms with E-state index in [1.165, 1.54) is 6.92 Å². The van der Waals surface area contributed by atoms with Crippen LogP contribution in [0.3, 0.4) is 0 Å². The van der Waals surface area contributed by atoms with Crippen molar-refractivity contribution in [3.05, 3.63) is 39.9 Å². The number of nitrogens with one attached hydrogen (secondary N) is 1. The first-order chi connectivity index (χ1) is 8.49. The zero-order valence-corrected chi connectivity index (χ0v) is 9.75. The summed E-state index contributed by atoms with van der Waals surface area (Å²) in [6.45, 7) is 1.44. The maximum atomic E-state index is 11.7. The van der Waals surface area contributed by atoms with E-state index >= 15 is 0 Å². The van der Waals surface area contributed by atoms with Gasteiger partial charge in [0.25, 0.3) is 0 Å². The van der Waals surface area contributed by atoms with Crippen LogP contribution in [-0.4, -0.2) is 22.7 Å². The first kappa shape index (κ1) is 12.2. The van der Waals surface area contributed by atoms with E-state index in [1.807, 2.05) is 0 Å². The fraction of sp³-hybridized carbons (Fsp3) is 0.333. The number of Topliss-reactive ketones (excluding diaryl/α,β-unsaturated/α-hetero) is 1. The summed E-state index contributed by atoms with van der Waals surface area (Å²) in [4.78, 5) is 32.9. The lowest BCUT2D eigenvalue weighted by Crippen LogP contribution is -2.18. The Hall–Kier alpha value is -2.24. The van der Waals surface area contributed by atoms with E-state index in [0.717, 1.165) is 0 Å². The van der Waals surface area contributed by atoms with Crippen molar-refractivity contribution in [3.8, 4) is 0 Å². The van der Waals surface area contributed by atoms with E-state index in [9.17, 15) is 19.7 Å². The lowest BCUT2D eigenvalue weighted by Gasteiger charge is -2.04. The molecule has 0 heterocycles. The lowest BCUT2D eigenvalue weighted by atomic mass is 10.1. The van der Waals surface area contributed by atoms with Crippen LogP contribution in [-0.2, 0) is 4.79 Å². The number of amides is 1. The van der Waals surface area contributed by atoms with Crippen molar-refractivity contribution in [2.45, 2.75) is 19.4 Å². The molecule has 0 saturated heterocycles. The molecule has 1 N–H and O–H groups in total. The largest absolute Gasteiger partial charge is 0.326 e. The number of hydrogen-bond acceptors (Lipinski definition) is 4. The van der Waals surface area contributed by atoms with Gasteiger partial charge in [0.05, 0.1) is 0 Å². The van der Waals surface area contributed by atoms with E-state index in [2.05, 4.69) is 5.32 Å². The highest BCUT2D eigenvalue weighted by Gasteiger charge is 2.53. The van der Waals surface area contributed by atoms with Gasteiger partial charge in [-0.2, -0.15) is 0 Å². The molecule has 0 aliphatic heterocycles. The monoisotopic (exact) mass is 248 g/mol. The summed E-state index contributed by atoms with van der Waals surface area (Å²) in [6, 6.07) is 5.75. The standard InChI is InChI=1S/C12H12N2O4/c1-7(15)8-3-2-4-9(5-8)13-12(16)10-6-11(10)14(17)18/h2-5,10-11H,6H2,1H3,(H,13,16)/t10-,11+/m1/s1. The second-order valence-electron chi connectivity index (χ2n) is 4.32. The molecular weight excluding hydrogens is 236 g/mol. The molecule has 0 bridgehead atoms. The number of carbonyl (C=O) groups excluding carboxylic acids is 2. The summed E-state index contributed by atoms with van der Waals surface area (Å²) < 4.78 is 0. The maximum absolute atomic E-state index is 11.7. The summed E-state index contributed by atoms with van der Waals surface area (Å²) in [5.74, 6) is -1.01. The molecule has 0 aromatic heterocycles. The number of nitro groups is 1. The predicted octanol–water partition coefficient (Wildman–Crippen LogP) is 1.49. The van der Waals surface area contributed by atoms with Crippen LogP contribution in [0.25, 0.3) is 0 Å². The average molecular weight is 248 g/mol. The van der Waals surface area contributed by atoms with E-state index in [-0.39, 0.29) is 18.1 Å². The van der Waals surface area contributed by atoms with Gasteiger partial charge < -0.3 is 5.32 Å². The van der Waals surface area contributed by atoms with Crippen molar-refractivity contribution in [3.63, 3.8) is 0 Å². The van der Waals surface area contributed by atoms with Gasteiger partial charge in [-0.15, -0.1) is 0 Å². The van der Waals surface area contributed by atoms with E-state index in [1.54, 1.807) is 24.3 Å². The molecule has 1 aromatic carbocycles. The molecule has 1 amide bonds. The fourth-order valence-corrected chi connectivity index (χ4v) is 1.75. The molecule has 1 aliphatic carbocycles. The van der Waals surface area contributed by atoms with Crippen LogP contribution in [0.1, 0.15) is 23.7 Å². The molecule has 0 spiro atoms. The van der Waals surface area contributed by atoms with Crippen LogP contribution < -0.4 is 5.32 Å². The summed E-state index contributed by atoms with van der Waals surface area (Å²) in [7, 11) is 0. The Bertz CT molecular complexity index is 527. The average Bonchev–Trinajstić information content (AvgIpc) is 3.09. The first-order valence-electron chi connectivity index (χ1n) is 5.54. The highest BCUT2D eigenvalue weighted by atomic mass is 16.6. The van der Waals surface area contributed by atoms with Gasteiger partial charge in [0.1, 0.15) is 5.92 Å². The van der Waals surface area contributed by atoms with Crippen molar-refractivity contribution in [2.24, 2.45) is 5.92 Å². The van der Waals surface area contributed by atoms with Gasteiger partial charge in [-0.25, -0.2) is 0 Å². The minimum Gasteiger partial charge on any atom is -0.326 e. The minimum absolute atomic E-state index is 0.0966. The molecule has 1 saturated carbocycles. The topological polar surface area (TPSA) is 89.3 Å². The van der Waals surface area contributed by atoms with Crippen LogP contribution in [0.2, 0.25) is 0 Å². The molecule has 6 heteroatoms. The number of anilines is 1. The van der Waals surface area contributed by atoms with Gasteiger partial charge >= 0.3 is 0 Å². The van der Waals surface area contributed by atoms with E-state index < -0.39 is 16.9 Å². The summed E-state index contributed by atoms with van der Waals surface area (Å²) in [5.41, 5.74) is 0.983. The Morgan fingerprint density at radius 2 is 2.17 bits per heavy atom. The van der Waals surface area contributed by atoms with Crippen molar-refractivity contribution >= 4 is 17.4 Å². The zero-order valence-electron chi connectivity index (χ0n) is 9.75. The van der Waals surface area contributed by atoms with Crippen molar-refractivity contribution in [2.75, 3.05) is 5.32 Å². The van der Waals surface area contributed by atoms with Gasteiger partial charge in [0.2, 0.25) is 11.9 Å². The molecule has 0 unspecified atom stereocenters. The molecule has 94 valence electrons. The Morgan fingerprint density at radius 3 is 2.72 bits per heavy atom. The second kappa shape index (κ2) is 4.56. The Kier molecular flexibility index (Phi) is 3.10. The van der Waals surface area contributed by atoms with Crippen molar-refractivity contribution < 1.29 is 14.5 Å². The molecule has 1 fully saturated rings. The number of ketones is 1. The molecular formula is C12H12N2O4. The molecule has 0 radical (unpaired) electrons. The molecule has 1 aliphatic rings. The molecule has 2 rings (SSSR count). The Morgan fingerprint density at radius 1 is 1.44 bits per heavy atom. The smallest absolute Gasteiger partial charge is 0.234 e.